The van der Waals surface area contributed by atoms with Crippen molar-refractivity contribution in [1.82, 2.24) is 10.2 Å². The maximum absolute atomic E-state index is 11.6. The third kappa shape index (κ3) is 3.77. The van der Waals surface area contributed by atoms with Gasteiger partial charge in [0.25, 0.3) is 0 Å². The van der Waals surface area contributed by atoms with Crippen molar-refractivity contribution in [3.05, 3.63) is 0 Å². The van der Waals surface area contributed by atoms with Crippen molar-refractivity contribution in [2.24, 2.45) is 0 Å². The van der Waals surface area contributed by atoms with Gasteiger partial charge in [0.15, 0.2) is 0 Å². The van der Waals surface area contributed by atoms with Crippen LogP contribution < -0.4 is 5.32 Å². The van der Waals surface area contributed by atoms with Gasteiger partial charge < -0.3 is 10.2 Å². The lowest BCUT2D eigenvalue weighted by molar-refractivity contribution is -0.132. The number of nitrogens with zero attached hydrogens (tertiary/aromatic N) is 1. The molecule has 1 fully saturated rings. The summed E-state index contributed by atoms with van der Waals surface area (Å²) < 4.78 is 0. The summed E-state index contributed by atoms with van der Waals surface area (Å²) >= 11 is 0. The predicted octanol–water partition coefficient (Wildman–Crippen LogP) is 0.525. The largest absolute Gasteiger partial charge is 0.347 e. The highest BCUT2D eigenvalue weighted by molar-refractivity contribution is 5.83. The third-order valence-corrected chi connectivity index (χ3v) is 2.45. The van der Waals surface area contributed by atoms with Crippen LogP contribution in [0.3, 0.4) is 0 Å². The molecule has 0 aromatic carbocycles. The lowest BCUT2D eigenvalue weighted by Gasteiger charge is -2.20. The minimum Gasteiger partial charge on any atom is -0.347 e. The number of likely N-dealkylation sites (tertiary alicyclic amines) is 1. The number of hydrogen-bond donors (Lipinski definition) is 1. The second-order valence-electron chi connectivity index (χ2n) is 3.70. The van der Waals surface area contributed by atoms with Gasteiger partial charge >= 0.3 is 0 Å². The predicted molar refractivity (Wildman–Crippen MR) is 53.7 cm³/mol. The molecule has 0 unspecified atom stereocenters. The summed E-state index contributed by atoms with van der Waals surface area (Å²) in [6.07, 6.45) is 4.60. The average molecular weight is 198 g/mol. The topological polar surface area (TPSA) is 49.4 Å². The zero-order valence-electron chi connectivity index (χ0n) is 8.71. The molecule has 2 amide bonds. The summed E-state index contributed by atoms with van der Waals surface area (Å²) in [7, 11) is 0. The maximum atomic E-state index is 11.6. The van der Waals surface area contributed by atoms with Gasteiger partial charge in [-0.1, -0.05) is 12.8 Å². The van der Waals surface area contributed by atoms with Crippen molar-refractivity contribution in [3.8, 4) is 0 Å². The molecule has 1 aliphatic rings. The van der Waals surface area contributed by atoms with Crippen LogP contribution in [0.4, 0.5) is 0 Å². The number of rotatable bonds is 2. The van der Waals surface area contributed by atoms with Crippen LogP contribution in [0.25, 0.3) is 0 Å². The van der Waals surface area contributed by atoms with Gasteiger partial charge in [-0.2, -0.15) is 0 Å². The molecule has 1 heterocycles. The minimum atomic E-state index is -0.145. The Hall–Kier alpha value is -1.06. The van der Waals surface area contributed by atoms with E-state index in [1.165, 1.54) is 19.8 Å². The van der Waals surface area contributed by atoms with Crippen molar-refractivity contribution in [2.75, 3.05) is 19.6 Å². The maximum Gasteiger partial charge on any atom is 0.241 e. The summed E-state index contributed by atoms with van der Waals surface area (Å²) in [5, 5.41) is 2.53. The zero-order chi connectivity index (χ0) is 10.4. The van der Waals surface area contributed by atoms with E-state index >= 15 is 0 Å². The molecular weight excluding hydrogens is 180 g/mol. The first-order chi connectivity index (χ1) is 6.70. The van der Waals surface area contributed by atoms with Gasteiger partial charge in [0.05, 0.1) is 6.54 Å². The fraction of sp³-hybridized carbons (Fsp3) is 0.800. The highest BCUT2D eigenvalue weighted by atomic mass is 16.2. The summed E-state index contributed by atoms with van der Waals surface area (Å²) in [4.78, 5) is 24.0. The number of carbonyl (C=O) groups excluding carboxylic acids is 2. The first-order valence-electron chi connectivity index (χ1n) is 5.22. The molecule has 80 valence electrons. The molecule has 0 aliphatic carbocycles. The normalized spacial score (nSPS) is 17.4. The Bertz CT molecular complexity index is 208. The summed E-state index contributed by atoms with van der Waals surface area (Å²) in [6, 6.07) is 0. The first-order valence-corrected chi connectivity index (χ1v) is 5.22. The van der Waals surface area contributed by atoms with Crippen LogP contribution >= 0.6 is 0 Å². The minimum absolute atomic E-state index is 0.0436. The van der Waals surface area contributed by atoms with E-state index in [9.17, 15) is 9.59 Å². The molecule has 1 aliphatic heterocycles. The van der Waals surface area contributed by atoms with Gasteiger partial charge in [-0.3, -0.25) is 9.59 Å². The van der Waals surface area contributed by atoms with Crippen LogP contribution in [0.15, 0.2) is 0 Å². The Balaban J connectivity index is 2.30. The Morgan fingerprint density at radius 3 is 2.21 bits per heavy atom. The molecular formula is C10H18N2O2. The van der Waals surface area contributed by atoms with Gasteiger partial charge in [0, 0.05) is 20.0 Å². The molecule has 1 rings (SSSR count). The monoisotopic (exact) mass is 198 g/mol. The summed E-state index contributed by atoms with van der Waals surface area (Å²) in [5.41, 5.74) is 0. The molecule has 0 radical (unpaired) electrons. The van der Waals surface area contributed by atoms with Crippen LogP contribution in [0.1, 0.15) is 32.6 Å². The molecule has 1 saturated heterocycles. The Labute approximate surface area is 84.7 Å². The Kier molecular flexibility index (Phi) is 4.43. The van der Waals surface area contributed by atoms with Gasteiger partial charge in [-0.15, -0.1) is 0 Å². The second kappa shape index (κ2) is 5.62. The number of hydrogen-bond acceptors (Lipinski definition) is 2. The molecule has 0 atom stereocenters. The van der Waals surface area contributed by atoms with E-state index in [0.717, 1.165) is 25.9 Å². The standard InChI is InChI=1S/C10H18N2O2/c1-9(13)11-8-10(14)12-6-4-2-3-5-7-12/h2-8H2,1H3,(H,11,13). The molecule has 0 spiro atoms. The third-order valence-electron chi connectivity index (χ3n) is 2.45. The van der Waals surface area contributed by atoms with Crippen LogP contribution in [-0.4, -0.2) is 36.3 Å². The Morgan fingerprint density at radius 1 is 1.14 bits per heavy atom. The lowest BCUT2D eigenvalue weighted by atomic mass is 10.2. The van der Waals surface area contributed by atoms with E-state index in [2.05, 4.69) is 5.32 Å². The van der Waals surface area contributed by atoms with Crippen LogP contribution in [-0.2, 0) is 9.59 Å². The fourth-order valence-corrected chi connectivity index (χ4v) is 1.63. The van der Waals surface area contributed by atoms with Crippen molar-refractivity contribution in [2.45, 2.75) is 32.6 Å². The van der Waals surface area contributed by atoms with Gasteiger partial charge in [0.1, 0.15) is 0 Å². The van der Waals surface area contributed by atoms with E-state index in [-0.39, 0.29) is 18.4 Å². The lowest BCUT2D eigenvalue weighted by Crippen LogP contribution is -2.39. The molecule has 4 heteroatoms. The van der Waals surface area contributed by atoms with Gasteiger partial charge in [-0.25, -0.2) is 0 Å². The fourth-order valence-electron chi connectivity index (χ4n) is 1.63. The first kappa shape index (κ1) is 11.0. The molecule has 0 bridgehead atoms. The van der Waals surface area contributed by atoms with Crippen LogP contribution in [0, 0.1) is 0 Å². The molecule has 4 nitrogen and oxygen atoms in total. The van der Waals surface area contributed by atoms with Crippen molar-refractivity contribution < 1.29 is 9.59 Å². The van der Waals surface area contributed by atoms with Crippen LogP contribution in [0.2, 0.25) is 0 Å². The molecule has 0 aromatic heterocycles. The van der Waals surface area contributed by atoms with E-state index in [4.69, 9.17) is 0 Å². The highest BCUT2D eigenvalue weighted by Gasteiger charge is 2.14. The summed E-state index contributed by atoms with van der Waals surface area (Å²) in [6.45, 7) is 3.27. The van der Waals surface area contributed by atoms with Gasteiger partial charge in [0.2, 0.25) is 11.8 Å². The van der Waals surface area contributed by atoms with E-state index in [1.54, 1.807) is 0 Å². The number of carbonyl (C=O) groups is 2. The van der Waals surface area contributed by atoms with E-state index in [1.807, 2.05) is 4.90 Å². The average Bonchev–Trinajstić information content (AvgIpc) is 2.42. The van der Waals surface area contributed by atoms with E-state index in [0.29, 0.717) is 0 Å². The number of amides is 2. The van der Waals surface area contributed by atoms with Crippen molar-refractivity contribution in [1.29, 1.82) is 0 Å². The SMILES string of the molecule is CC(=O)NCC(=O)N1CCCCCC1. The molecule has 14 heavy (non-hydrogen) atoms. The quantitative estimate of drug-likeness (QED) is 0.703. The smallest absolute Gasteiger partial charge is 0.241 e. The zero-order valence-corrected chi connectivity index (χ0v) is 8.71. The molecule has 0 aromatic rings. The second-order valence-corrected chi connectivity index (χ2v) is 3.70. The Morgan fingerprint density at radius 2 is 1.71 bits per heavy atom. The highest BCUT2D eigenvalue weighted by Crippen LogP contribution is 2.09. The molecule has 0 saturated carbocycles. The van der Waals surface area contributed by atoms with Crippen molar-refractivity contribution in [3.63, 3.8) is 0 Å². The van der Waals surface area contributed by atoms with Crippen LogP contribution in [0.5, 0.6) is 0 Å². The molecule has 1 N–H and O–H groups in total. The van der Waals surface area contributed by atoms with Gasteiger partial charge in [-0.05, 0) is 12.8 Å². The number of nitrogens with one attached hydrogen (secondary N) is 1. The van der Waals surface area contributed by atoms with E-state index < -0.39 is 0 Å². The summed E-state index contributed by atoms with van der Waals surface area (Å²) in [5.74, 6) is -0.102. The van der Waals surface area contributed by atoms with Crippen molar-refractivity contribution >= 4 is 11.8 Å².